The predicted molar refractivity (Wildman–Crippen MR) is 107 cm³/mol. The van der Waals surface area contributed by atoms with E-state index in [-0.39, 0.29) is 29.1 Å². The first-order valence-corrected chi connectivity index (χ1v) is 11.2. The monoisotopic (exact) mass is 451 g/mol. The molecule has 3 aromatic rings. The minimum Gasteiger partial charge on any atom is -0.339 e. The zero-order valence-corrected chi connectivity index (χ0v) is 17.4. The van der Waals surface area contributed by atoms with Gasteiger partial charge in [-0.25, -0.2) is 8.42 Å². The summed E-state index contributed by atoms with van der Waals surface area (Å²) < 4.78 is 70.9. The number of hydrogen-bond donors (Lipinski definition) is 0. The third-order valence-corrected chi connectivity index (χ3v) is 7.18. The zero-order chi connectivity index (χ0) is 22.2. The first-order valence-electron chi connectivity index (χ1n) is 9.72. The number of nitrogens with zero attached hydrogens (tertiary/aromatic N) is 3. The molecule has 0 aliphatic carbocycles. The Hall–Kier alpha value is -2.72. The van der Waals surface area contributed by atoms with E-state index in [1.54, 1.807) is 24.3 Å². The summed E-state index contributed by atoms with van der Waals surface area (Å²) in [6.07, 6.45) is -3.11. The van der Waals surface area contributed by atoms with E-state index in [9.17, 15) is 21.6 Å². The lowest BCUT2D eigenvalue weighted by Gasteiger charge is -2.30. The molecule has 6 nitrogen and oxygen atoms in total. The molecule has 1 aliphatic rings. The average Bonchev–Trinajstić information content (AvgIpc) is 3.24. The van der Waals surface area contributed by atoms with Crippen molar-refractivity contribution in [2.24, 2.45) is 0 Å². The van der Waals surface area contributed by atoms with Crippen molar-refractivity contribution >= 4 is 10.0 Å². The molecule has 10 heteroatoms. The molecule has 0 unspecified atom stereocenters. The molecular formula is C21H20F3N3O3S. The molecule has 2 heterocycles. The van der Waals surface area contributed by atoms with Crippen LogP contribution in [-0.4, -0.2) is 36.0 Å². The Kier molecular flexibility index (Phi) is 5.61. The maximum Gasteiger partial charge on any atom is 0.416 e. The van der Waals surface area contributed by atoms with E-state index in [4.69, 9.17) is 4.52 Å². The average molecular weight is 451 g/mol. The molecule has 4 rings (SSSR count). The third kappa shape index (κ3) is 4.49. The third-order valence-electron chi connectivity index (χ3n) is 5.30. The summed E-state index contributed by atoms with van der Waals surface area (Å²) in [5.74, 6) is 0.158. The number of aromatic nitrogens is 2. The Morgan fingerprint density at radius 2 is 1.74 bits per heavy atom. The van der Waals surface area contributed by atoms with Gasteiger partial charge in [0.2, 0.25) is 21.7 Å². The van der Waals surface area contributed by atoms with Crippen LogP contribution in [-0.2, 0) is 16.2 Å². The molecule has 1 atom stereocenters. The smallest absolute Gasteiger partial charge is 0.339 e. The molecule has 0 saturated carbocycles. The Bertz CT molecular complexity index is 1160. The van der Waals surface area contributed by atoms with E-state index in [0.717, 1.165) is 17.7 Å². The quantitative estimate of drug-likeness (QED) is 0.578. The van der Waals surface area contributed by atoms with Crippen molar-refractivity contribution < 1.29 is 26.1 Å². The largest absolute Gasteiger partial charge is 0.416 e. The summed E-state index contributed by atoms with van der Waals surface area (Å²) in [4.78, 5) is 4.55. The van der Waals surface area contributed by atoms with Crippen LogP contribution in [0, 0.1) is 6.92 Å². The molecule has 0 amide bonds. The van der Waals surface area contributed by atoms with Gasteiger partial charge in [0.1, 0.15) is 0 Å². The second kappa shape index (κ2) is 8.08. The molecule has 31 heavy (non-hydrogen) atoms. The van der Waals surface area contributed by atoms with Gasteiger partial charge < -0.3 is 4.52 Å². The van der Waals surface area contributed by atoms with Crippen LogP contribution in [0.4, 0.5) is 13.2 Å². The molecular weight excluding hydrogens is 431 g/mol. The van der Waals surface area contributed by atoms with Gasteiger partial charge in [-0.2, -0.15) is 22.5 Å². The van der Waals surface area contributed by atoms with Crippen LogP contribution in [0.1, 0.15) is 35.8 Å². The van der Waals surface area contributed by atoms with Gasteiger partial charge >= 0.3 is 6.18 Å². The van der Waals surface area contributed by atoms with E-state index >= 15 is 0 Å². The predicted octanol–water partition coefficient (Wildman–Crippen LogP) is 4.63. The Balaban J connectivity index is 1.52. The van der Waals surface area contributed by atoms with E-state index in [1.165, 1.54) is 16.4 Å². The van der Waals surface area contributed by atoms with Gasteiger partial charge in [-0.3, -0.25) is 0 Å². The molecule has 2 aromatic carbocycles. The minimum absolute atomic E-state index is 0.169. The van der Waals surface area contributed by atoms with Crippen LogP contribution in [0.25, 0.3) is 11.4 Å². The van der Waals surface area contributed by atoms with E-state index in [1.807, 2.05) is 6.92 Å². The number of sulfonamides is 1. The maximum absolute atomic E-state index is 13.0. The van der Waals surface area contributed by atoms with Gasteiger partial charge in [0, 0.05) is 18.7 Å². The lowest BCUT2D eigenvalue weighted by Crippen LogP contribution is -2.39. The summed E-state index contributed by atoms with van der Waals surface area (Å²) in [7, 11) is -3.65. The van der Waals surface area contributed by atoms with Crippen molar-refractivity contribution in [3.05, 3.63) is 65.5 Å². The fourth-order valence-electron chi connectivity index (χ4n) is 3.55. The molecule has 0 N–H and O–H groups in total. The number of alkyl halides is 3. The van der Waals surface area contributed by atoms with Crippen molar-refractivity contribution in [2.75, 3.05) is 13.1 Å². The van der Waals surface area contributed by atoms with Gasteiger partial charge in [0.05, 0.1) is 16.4 Å². The second-order valence-electron chi connectivity index (χ2n) is 7.55. The molecule has 1 aliphatic heterocycles. The summed E-state index contributed by atoms with van der Waals surface area (Å²) in [6.45, 7) is 2.48. The van der Waals surface area contributed by atoms with Crippen LogP contribution in [0.2, 0.25) is 0 Å². The summed E-state index contributed by atoms with van der Waals surface area (Å²) in [6, 6.07) is 11.2. The zero-order valence-electron chi connectivity index (χ0n) is 16.6. The molecule has 1 aromatic heterocycles. The highest BCUT2D eigenvalue weighted by molar-refractivity contribution is 7.89. The summed E-state index contributed by atoms with van der Waals surface area (Å²) in [5.41, 5.74) is 0.601. The standard InChI is InChI=1S/C21H20F3N3O3S/c1-14-4-10-18(11-5-14)31(28,29)27-12-2-3-16(13-27)20-25-19(26-30-20)15-6-8-17(9-7-15)21(22,23)24/h4-11,16H,2-3,12-13H2,1H3/t16-/m1/s1. The van der Waals surface area contributed by atoms with Gasteiger partial charge in [-0.1, -0.05) is 35.0 Å². The Morgan fingerprint density at radius 1 is 1.06 bits per heavy atom. The van der Waals surface area contributed by atoms with Crippen molar-refractivity contribution in [2.45, 2.75) is 36.8 Å². The maximum atomic E-state index is 13.0. The lowest BCUT2D eigenvalue weighted by atomic mass is 10.00. The van der Waals surface area contributed by atoms with E-state index < -0.39 is 21.8 Å². The van der Waals surface area contributed by atoms with E-state index in [0.29, 0.717) is 24.9 Å². The minimum atomic E-state index is -4.42. The van der Waals surface area contributed by atoms with Gasteiger partial charge in [0.15, 0.2) is 0 Å². The summed E-state index contributed by atoms with van der Waals surface area (Å²) >= 11 is 0. The second-order valence-corrected chi connectivity index (χ2v) is 9.48. The topological polar surface area (TPSA) is 76.3 Å². The number of halogens is 3. The molecule has 1 saturated heterocycles. The Morgan fingerprint density at radius 3 is 2.39 bits per heavy atom. The Labute approximate surface area is 177 Å². The van der Waals surface area contributed by atoms with Crippen molar-refractivity contribution in [1.82, 2.24) is 14.4 Å². The number of piperidine rings is 1. The molecule has 1 fully saturated rings. The lowest BCUT2D eigenvalue weighted by molar-refractivity contribution is -0.137. The van der Waals surface area contributed by atoms with Crippen LogP contribution >= 0.6 is 0 Å². The van der Waals surface area contributed by atoms with Gasteiger partial charge in [0.25, 0.3) is 0 Å². The molecule has 164 valence electrons. The molecule has 0 radical (unpaired) electrons. The van der Waals surface area contributed by atoms with Crippen molar-refractivity contribution in [3.63, 3.8) is 0 Å². The number of benzene rings is 2. The fraction of sp³-hybridized carbons (Fsp3) is 0.333. The summed E-state index contributed by atoms with van der Waals surface area (Å²) in [5, 5.41) is 3.87. The van der Waals surface area contributed by atoms with Crippen molar-refractivity contribution in [1.29, 1.82) is 0 Å². The van der Waals surface area contributed by atoms with Crippen LogP contribution in [0.3, 0.4) is 0 Å². The van der Waals surface area contributed by atoms with Crippen LogP contribution in [0.5, 0.6) is 0 Å². The number of rotatable bonds is 4. The molecule has 0 spiro atoms. The van der Waals surface area contributed by atoms with Crippen LogP contribution < -0.4 is 0 Å². The highest BCUT2D eigenvalue weighted by Gasteiger charge is 2.34. The van der Waals surface area contributed by atoms with Gasteiger partial charge in [-0.15, -0.1) is 0 Å². The SMILES string of the molecule is Cc1ccc(S(=O)(=O)N2CCC[C@@H](c3nc(-c4ccc(C(F)(F)F)cc4)no3)C2)cc1. The van der Waals surface area contributed by atoms with Crippen LogP contribution in [0.15, 0.2) is 57.9 Å². The fourth-order valence-corrected chi connectivity index (χ4v) is 5.07. The first kappa shape index (κ1) is 21.5. The number of aryl methyl sites for hydroxylation is 1. The normalized spacial score (nSPS) is 18.3. The van der Waals surface area contributed by atoms with Gasteiger partial charge in [-0.05, 0) is 44.0 Å². The number of hydrogen-bond acceptors (Lipinski definition) is 5. The van der Waals surface area contributed by atoms with Crippen molar-refractivity contribution in [3.8, 4) is 11.4 Å². The highest BCUT2D eigenvalue weighted by Crippen LogP contribution is 2.32. The molecule has 0 bridgehead atoms. The first-order chi connectivity index (χ1) is 14.6. The van der Waals surface area contributed by atoms with E-state index in [2.05, 4.69) is 10.1 Å². The highest BCUT2D eigenvalue weighted by atomic mass is 32.2.